The van der Waals surface area contributed by atoms with Crippen LogP contribution < -0.4 is 5.73 Å². The van der Waals surface area contributed by atoms with Crippen LogP contribution in [0, 0.1) is 13.8 Å². The van der Waals surface area contributed by atoms with Crippen LogP contribution in [0.1, 0.15) is 21.6 Å². The molecule has 0 radical (unpaired) electrons. The Labute approximate surface area is 109 Å². The van der Waals surface area contributed by atoms with Crippen molar-refractivity contribution in [2.24, 2.45) is 0 Å². The second-order valence-electron chi connectivity index (χ2n) is 4.10. The molecule has 1 aromatic heterocycles. The maximum Gasteiger partial charge on any atom is 0.358 e. The van der Waals surface area contributed by atoms with E-state index in [0.717, 1.165) is 21.6 Å². The van der Waals surface area contributed by atoms with Crippen molar-refractivity contribution in [3.63, 3.8) is 0 Å². The Balaban J connectivity index is 2.59. The van der Waals surface area contributed by atoms with Crippen LogP contribution in [0.5, 0.6) is 0 Å². The number of aryl methyl sites for hydroxylation is 2. The van der Waals surface area contributed by atoms with Crippen molar-refractivity contribution < 1.29 is 9.53 Å². The Hall–Kier alpha value is -1.88. The molecule has 0 atom stereocenters. The normalized spacial score (nSPS) is 10.4. The minimum absolute atomic E-state index is 0.282. The van der Waals surface area contributed by atoms with Gasteiger partial charge in [-0.15, -0.1) is 0 Å². The van der Waals surface area contributed by atoms with Crippen molar-refractivity contribution in [3.05, 3.63) is 35.0 Å². The van der Waals surface area contributed by atoms with Crippen LogP contribution in [0.3, 0.4) is 0 Å². The van der Waals surface area contributed by atoms with Crippen LogP contribution in [0.15, 0.2) is 18.2 Å². The van der Waals surface area contributed by atoms with Crippen LogP contribution in [-0.2, 0) is 4.74 Å². The molecule has 0 amide bonds. The number of esters is 1. The van der Waals surface area contributed by atoms with E-state index in [1.165, 1.54) is 18.4 Å². The smallest absolute Gasteiger partial charge is 0.358 e. The minimum Gasteiger partial charge on any atom is -0.464 e. The minimum atomic E-state index is -0.461. The van der Waals surface area contributed by atoms with E-state index in [1.54, 1.807) is 0 Å². The number of nitrogens with zero attached hydrogens (tertiary/aromatic N) is 1. The number of aromatic nitrogens is 1. The maximum absolute atomic E-state index is 11.7. The molecular formula is C13H14N2O2S. The number of hydrogen-bond donors (Lipinski definition) is 1. The van der Waals surface area contributed by atoms with E-state index in [0.29, 0.717) is 5.13 Å². The van der Waals surface area contributed by atoms with E-state index >= 15 is 0 Å². The summed E-state index contributed by atoms with van der Waals surface area (Å²) in [7, 11) is 1.34. The Morgan fingerprint density at radius 1 is 1.28 bits per heavy atom. The molecule has 1 aromatic carbocycles. The molecule has 2 rings (SSSR count). The molecule has 0 aliphatic heterocycles. The van der Waals surface area contributed by atoms with Crippen molar-refractivity contribution in [3.8, 4) is 10.4 Å². The average molecular weight is 262 g/mol. The van der Waals surface area contributed by atoms with Gasteiger partial charge in [-0.05, 0) is 19.4 Å². The molecule has 2 aromatic rings. The van der Waals surface area contributed by atoms with Gasteiger partial charge in [0.05, 0.1) is 12.0 Å². The molecule has 0 spiro atoms. The summed E-state index contributed by atoms with van der Waals surface area (Å²) < 4.78 is 4.72. The van der Waals surface area contributed by atoms with Crippen LogP contribution in [0.2, 0.25) is 0 Å². The number of thiazole rings is 1. The summed E-state index contributed by atoms with van der Waals surface area (Å²) in [6.07, 6.45) is 0. The number of carbonyl (C=O) groups excluding carboxylic acids is 1. The lowest BCUT2D eigenvalue weighted by molar-refractivity contribution is 0.0596. The number of nitrogens with two attached hydrogens (primary N) is 1. The van der Waals surface area contributed by atoms with E-state index in [-0.39, 0.29) is 5.69 Å². The summed E-state index contributed by atoms with van der Waals surface area (Å²) in [5.74, 6) is -0.461. The van der Waals surface area contributed by atoms with E-state index in [9.17, 15) is 4.79 Å². The molecule has 0 aliphatic rings. The number of carbonyl (C=O) groups is 1. The third-order valence-corrected chi connectivity index (χ3v) is 3.44. The zero-order valence-corrected chi connectivity index (χ0v) is 11.3. The number of benzene rings is 1. The van der Waals surface area contributed by atoms with E-state index < -0.39 is 5.97 Å². The SMILES string of the molecule is COC(=O)c1nc(N)sc1-c1cc(C)cc(C)c1. The summed E-state index contributed by atoms with van der Waals surface area (Å²) in [6.45, 7) is 4.03. The molecule has 0 fully saturated rings. The summed E-state index contributed by atoms with van der Waals surface area (Å²) in [6, 6.07) is 6.09. The molecule has 0 saturated heterocycles. The van der Waals surface area contributed by atoms with Gasteiger partial charge in [0.25, 0.3) is 0 Å². The molecule has 0 bridgehead atoms. The van der Waals surface area contributed by atoms with Crippen LogP contribution in [0.25, 0.3) is 10.4 Å². The second kappa shape index (κ2) is 4.78. The lowest BCUT2D eigenvalue weighted by Crippen LogP contribution is -2.03. The van der Waals surface area contributed by atoms with Crippen molar-refractivity contribution in [2.45, 2.75) is 13.8 Å². The van der Waals surface area contributed by atoms with Gasteiger partial charge in [0, 0.05) is 0 Å². The van der Waals surface area contributed by atoms with Crippen molar-refractivity contribution >= 4 is 22.4 Å². The van der Waals surface area contributed by atoms with E-state index in [1.807, 2.05) is 26.0 Å². The van der Waals surface area contributed by atoms with Gasteiger partial charge in [0.2, 0.25) is 0 Å². The van der Waals surface area contributed by atoms with Crippen LogP contribution in [-0.4, -0.2) is 18.1 Å². The molecule has 18 heavy (non-hydrogen) atoms. The quantitative estimate of drug-likeness (QED) is 0.845. The Kier molecular flexibility index (Phi) is 3.34. The number of anilines is 1. The molecule has 1 heterocycles. The Morgan fingerprint density at radius 3 is 2.44 bits per heavy atom. The number of methoxy groups -OCH3 is 1. The van der Waals surface area contributed by atoms with Crippen molar-refractivity contribution in [2.75, 3.05) is 12.8 Å². The summed E-state index contributed by atoms with van der Waals surface area (Å²) in [5.41, 5.74) is 9.18. The first-order valence-electron chi connectivity index (χ1n) is 5.44. The molecule has 94 valence electrons. The highest BCUT2D eigenvalue weighted by molar-refractivity contribution is 7.19. The van der Waals surface area contributed by atoms with Gasteiger partial charge in [-0.3, -0.25) is 0 Å². The Morgan fingerprint density at radius 2 is 1.89 bits per heavy atom. The fourth-order valence-electron chi connectivity index (χ4n) is 1.87. The standard InChI is InChI=1S/C13H14N2O2S/c1-7-4-8(2)6-9(5-7)11-10(12(16)17-3)15-13(14)18-11/h4-6H,1-3H3,(H2,14,15). The molecule has 0 aliphatic carbocycles. The highest BCUT2D eigenvalue weighted by Gasteiger charge is 2.19. The maximum atomic E-state index is 11.7. The summed E-state index contributed by atoms with van der Waals surface area (Å²) in [4.78, 5) is 16.5. The lowest BCUT2D eigenvalue weighted by atomic mass is 10.1. The van der Waals surface area contributed by atoms with Gasteiger partial charge in [-0.2, -0.15) is 0 Å². The summed E-state index contributed by atoms with van der Waals surface area (Å²) >= 11 is 1.29. The van der Waals surface area contributed by atoms with Gasteiger partial charge in [0.1, 0.15) is 0 Å². The lowest BCUT2D eigenvalue weighted by Gasteiger charge is -2.04. The predicted octanol–water partition coefficient (Wildman–Crippen LogP) is 2.80. The summed E-state index contributed by atoms with van der Waals surface area (Å²) in [5, 5.41) is 0.365. The number of ether oxygens (including phenoxy) is 1. The molecule has 2 N–H and O–H groups in total. The third kappa shape index (κ3) is 2.36. The largest absolute Gasteiger partial charge is 0.464 e. The fraction of sp³-hybridized carbons (Fsp3) is 0.231. The van der Waals surface area contributed by atoms with Crippen molar-refractivity contribution in [1.82, 2.24) is 4.98 Å². The molecular weight excluding hydrogens is 248 g/mol. The zero-order valence-electron chi connectivity index (χ0n) is 10.5. The number of rotatable bonds is 2. The zero-order chi connectivity index (χ0) is 13.3. The number of hydrogen-bond acceptors (Lipinski definition) is 5. The van der Waals surface area contributed by atoms with Gasteiger partial charge in [-0.1, -0.05) is 40.7 Å². The average Bonchev–Trinajstić information content (AvgIpc) is 2.69. The fourth-order valence-corrected chi connectivity index (χ4v) is 2.68. The van der Waals surface area contributed by atoms with Crippen LogP contribution >= 0.6 is 11.3 Å². The van der Waals surface area contributed by atoms with Crippen LogP contribution in [0.4, 0.5) is 5.13 Å². The molecule has 0 saturated carbocycles. The van der Waals surface area contributed by atoms with Gasteiger partial charge >= 0.3 is 5.97 Å². The van der Waals surface area contributed by atoms with Gasteiger partial charge < -0.3 is 10.5 Å². The van der Waals surface area contributed by atoms with Gasteiger partial charge in [0.15, 0.2) is 10.8 Å². The molecule has 0 unspecified atom stereocenters. The molecule has 4 nitrogen and oxygen atoms in total. The topological polar surface area (TPSA) is 65.2 Å². The van der Waals surface area contributed by atoms with Crippen molar-refractivity contribution in [1.29, 1.82) is 0 Å². The first-order chi connectivity index (χ1) is 8.51. The first-order valence-corrected chi connectivity index (χ1v) is 6.26. The Bertz CT molecular complexity index is 585. The van der Waals surface area contributed by atoms with Gasteiger partial charge in [-0.25, -0.2) is 9.78 Å². The van der Waals surface area contributed by atoms with E-state index in [4.69, 9.17) is 10.5 Å². The van der Waals surface area contributed by atoms with E-state index in [2.05, 4.69) is 11.1 Å². The molecule has 5 heteroatoms. The highest BCUT2D eigenvalue weighted by Crippen LogP contribution is 2.33. The second-order valence-corrected chi connectivity index (χ2v) is 5.13. The third-order valence-electron chi connectivity index (χ3n) is 2.51. The monoisotopic (exact) mass is 262 g/mol. The highest BCUT2D eigenvalue weighted by atomic mass is 32.1. The number of nitrogen functional groups attached to an aromatic ring is 1. The predicted molar refractivity (Wildman–Crippen MR) is 72.8 cm³/mol. The first kappa shape index (κ1) is 12.6.